The van der Waals surface area contributed by atoms with Crippen LogP contribution in [0.2, 0.25) is 0 Å². The molecule has 5 nitrogen and oxygen atoms in total. The van der Waals surface area contributed by atoms with Crippen LogP contribution in [0.1, 0.15) is 44.9 Å². The number of aliphatic hydroxyl groups excluding tert-OH is 1. The van der Waals surface area contributed by atoms with Crippen LogP contribution in [0.3, 0.4) is 0 Å². The highest BCUT2D eigenvalue weighted by Crippen LogP contribution is 2.44. The fourth-order valence-corrected chi connectivity index (χ4v) is 2.57. The minimum Gasteiger partial charge on any atom is -0.396 e. The first-order chi connectivity index (χ1) is 9.15. The van der Waals surface area contributed by atoms with Crippen molar-refractivity contribution in [1.29, 1.82) is 0 Å². The smallest absolute Gasteiger partial charge is 0.223 e. The minimum atomic E-state index is -0.0528. The lowest BCUT2D eigenvalue weighted by molar-refractivity contribution is -0.125. The Morgan fingerprint density at radius 2 is 1.84 bits per heavy atom. The van der Waals surface area contributed by atoms with Crippen molar-refractivity contribution in [1.82, 2.24) is 10.6 Å². The number of hydrogen-bond acceptors (Lipinski definition) is 3. The van der Waals surface area contributed by atoms with Crippen LogP contribution in [0.5, 0.6) is 0 Å². The molecular weight excluding hydrogens is 244 g/mol. The van der Waals surface area contributed by atoms with Crippen LogP contribution in [0.15, 0.2) is 0 Å². The van der Waals surface area contributed by atoms with Gasteiger partial charge in [0.05, 0.1) is 6.61 Å². The Morgan fingerprint density at radius 3 is 2.42 bits per heavy atom. The van der Waals surface area contributed by atoms with Crippen LogP contribution < -0.4 is 10.6 Å². The predicted molar refractivity (Wildman–Crippen MR) is 71.3 cm³/mol. The monoisotopic (exact) mass is 268 g/mol. The van der Waals surface area contributed by atoms with Crippen LogP contribution in [0, 0.1) is 11.3 Å². The molecule has 0 saturated heterocycles. The number of aliphatic hydroxyl groups is 1. The van der Waals surface area contributed by atoms with Crippen LogP contribution >= 0.6 is 0 Å². The number of carbonyl (C=O) groups is 2. The van der Waals surface area contributed by atoms with Gasteiger partial charge < -0.3 is 15.7 Å². The third kappa shape index (κ3) is 4.20. The highest BCUT2D eigenvalue weighted by molar-refractivity contribution is 5.80. The van der Waals surface area contributed by atoms with E-state index in [2.05, 4.69) is 10.6 Å². The molecule has 2 amide bonds. The molecule has 5 heteroatoms. The molecule has 0 aliphatic heterocycles. The number of nitrogens with one attached hydrogen (secondary N) is 2. The minimum absolute atomic E-state index is 0.0496. The van der Waals surface area contributed by atoms with E-state index in [4.69, 9.17) is 5.11 Å². The van der Waals surface area contributed by atoms with Crippen LogP contribution in [0.4, 0.5) is 0 Å². The maximum absolute atomic E-state index is 11.7. The van der Waals surface area contributed by atoms with E-state index in [1.165, 1.54) is 0 Å². The SMILES string of the molecule is O=C(CCNC(=O)C1CCCC1)NCC1(CO)CC1. The van der Waals surface area contributed by atoms with Gasteiger partial charge in [0.15, 0.2) is 0 Å². The van der Waals surface area contributed by atoms with Crippen LogP contribution in [-0.4, -0.2) is 36.6 Å². The molecular formula is C14H24N2O3. The lowest BCUT2D eigenvalue weighted by Crippen LogP contribution is -2.36. The first-order valence-electron chi connectivity index (χ1n) is 7.30. The van der Waals surface area contributed by atoms with Crippen molar-refractivity contribution in [3.05, 3.63) is 0 Å². The van der Waals surface area contributed by atoms with Gasteiger partial charge in [0.1, 0.15) is 0 Å². The van der Waals surface area contributed by atoms with Crippen molar-refractivity contribution in [3.63, 3.8) is 0 Å². The summed E-state index contributed by atoms with van der Waals surface area (Å²) in [6.45, 7) is 1.11. The molecule has 2 aliphatic carbocycles. The Balaban J connectivity index is 1.55. The molecule has 0 aromatic heterocycles. The molecule has 108 valence electrons. The third-order valence-electron chi connectivity index (χ3n) is 4.33. The highest BCUT2D eigenvalue weighted by atomic mass is 16.3. The lowest BCUT2D eigenvalue weighted by atomic mass is 10.1. The van der Waals surface area contributed by atoms with E-state index >= 15 is 0 Å². The summed E-state index contributed by atoms with van der Waals surface area (Å²) in [5.74, 6) is 0.206. The largest absolute Gasteiger partial charge is 0.396 e. The maximum Gasteiger partial charge on any atom is 0.223 e. The van der Waals surface area contributed by atoms with Gasteiger partial charge in [-0.1, -0.05) is 12.8 Å². The van der Waals surface area contributed by atoms with Crippen LogP contribution in [-0.2, 0) is 9.59 Å². The Morgan fingerprint density at radius 1 is 1.16 bits per heavy atom. The van der Waals surface area contributed by atoms with Gasteiger partial charge in [-0.2, -0.15) is 0 Å². The first kappa shape index (κ1) is 14.3. The van der Waals surface area contributed by atoms with Gasteiger partial charge in [-0.25, -0.2) is 0 Å². The zero-order chi connectivity index (χ0) is 13.7. The van der Waals surface area contributed by atoms with Gasteiger partial charge in [-0.3, -0.25) is 9.59 Å². The number of rotatable bonds is 7. The molecule has 0 aromatic carbocycles. The van der Waals surface area contributed by atoms with E-state index in [0.717, 1.165) is 38.5 Å². The van der Waals surface area contributed by atoms with E-state index < -0.39 is 0 Å². The first-order valence-corrected chi connectivity index (χ1v) is 7.30. The lowest BCUT2D eigenvalue weighted by Gasteiger charge is -2.13. The molecule has 2 aliphatic rings. The van der Waals surface area contributed by atoms with E-state index in [9.17, 15) is 9.59 Å². The molecule has 0 aromatic rings. The summed E-state index contributed by atoms with van der Waals surface area (Å²) in [5, 5.41) is 14.8. The second-order valence-corrected chi connectivity index (χ2v) is 5.96. The molecule has 2 rings (SSSR count). The topological polar surface area (TPSA) is 78.4 Å². The highest BCUT2D eigenvalue weighted by Gasteiger charge is 2.41. The third-order valence-corrected chi connectivity index (χ3v) is 4.33. The Bertz CT molecular complexity index is 334. The van der Waals surface area contributed by atoms with Gasteiger partial charge in [0.2, 0.25) is 11.8 Å². The Hall–Kier alpha value is -1.10. The van der Waals surface area contributed by atoms with Crippen molar-refractivity contribution in [3.8, 4) is 0 Å². The van der Waals surface area contributed by atoms with Gasteiger partial charge in [0, 0.05) is 30.8 Å². The average Bonchev–Trinajstić information content (AvgIpc) is 2.98. The second kappa shape index (κ2) is 6.37. The van der Waals surface area contributed by atoms with Crippen molar-refractivity contribution in [2.45, 2.75) is 44.9 Å². The van der Waals surface area contributed by atoms with E-state index in [0.29, 0.717) is 19.5 Å². The fourth-order valence-electron chi connectivity index (χ4n) is 2.57. The number of carbonyl (C=O) groups excluding carboxylic acids is 2. The van der Waals surface area contributed by atoms with Crippen LogP contribution in [0.25, 0.3) is 0 Å². The summed E-state index contributed by atoms with van der Waals surface area (Å²) >= 11 is 0. The molecule has 0 bridgehead atoms. The van der Waals surface area contributed by atoms with Crippen molar-refractivity contribution in [2.75, 3.05) is 19.7 Å². The second-order valence-electron chi connectivity index (χ2n) is 5.96. The number of amides is 2. The maximum atomic E-state index is 11.7. The fraction of sp³-hybridized carbons (Fsp3) is 0.857. The van der Waals surface area contributed by atoms with E-state index in [1.807, 2.05) is 0 Å². The molecule has 0 radical (unpaired) electrons. The summed E-state index contributed by atoms with van der Waals surface area (Å²) in [5.41, 5.74) is -0.0528. The van der Waals surface area contributed by atoms with Gasteiger partial charge in [0.25, 0.3) is 0 Å². The number of hydrogen-bond donors (Lipinski definition) is 3. The zero-order valence-electron chi connectivity index (χ0n) is 11.4. The Kier molecular flexibility index (Phi) is 4.80. The van der Waals surface area contributed by atoms with Gasteiger partial charge >= 0.3 is 0 Å². The molecule has 0 heterocycles. The molecule has 3 N–H and O–H groups in total. The normalized spacial score (nSPS) is 21.1. The molecule has 0 unspecified atom stereocenters. The molecule has 0 atom stereocenters. The van der Waals surface area contributed by atoms with E-state index in [-0.39, 0.29) is 29.8 Å². The summed E-state index contributed by atoms with van der Waals surface area (Å²) in [7, 11) is 0. The van der Waals surface area contributed by atoms with Crippen molar-refractivity contribution in [2.24, 2.45) is 11.3 Å². The average molecular weight is 268 g/mol. The summed E-state index contributed by atoms with van der Waals surface area (Å²) in [6.07, 6.45) is 6.54. The van der Waals surface area contributed by atoms with Gasteiger partial charge in [-0.15, -0.1) is 0 Å². The zero-order valence-corrected chi connectivity index (χ0v) is 11.4. The quantitative estimate of drug-likeness (QED) is 0.631. The molecule has 2 fully saturated rings. The van der Waals surface area contributed by atoms with Crippen molar-refractivity contribution >= 4 is 11.8 Å². The van der Waals surface area contributed by atoms with Crippen molar-refractivity contribution < 1.29 is 14.7 Å². The molecule has 0 spiro atoms. The summed E-state index contributed by atoms with van der Waals surface area (Å²) < 4.78 is 0. The van der Waals surface area contributed by atoms with E-state index in [1.54, 1.807) is 0 Å². The Labute approximate surface area is 114 Å². The van der Waals surface area contributed by atoms with Gasteiger partial charge in [-0.05, 0) is 25.7 Å². The summed E-state index contributed by atoms with van der Waals surface area (Å²) in [6, 6.07) is 0. The molecule has 19 heavy (non-hydrogen) atoms. The summed E-state index contributed by atoms with van der Waals surface area (Å²) in [4.78, 5) is 23.3. The predicted octanol–water partition coefficient (Wildman–Crippen LogP) is 0.572. The standard InChI is InChI=1S/C14H24N2O3/c17-10-14(6-7-14)9-16-12(18)5-8-15-13(19)11-3-1-2-4-11/h11,17H,1-10H2,(H,15,19)(H,16,18). The molecule has 2 saturated carbocycles.